The molecule has 1 aliphatic carbocycles. The first-order valence-corrected chi connectivity index (χ1v) is 11.7. The van der Waals surface area contributed by atoms with Crippen LogP contribution in [0.4, 0.5) is 0 Å². The minimum atomic E-state index is -0.709. The molecule has 162 valence electrons. The van der Waals surface area contributed by atoms with Crippen molar-refractivity contribution in [3.63, 3.8) is 0 Å². The average Bonchev–Trinajstić information content (AvgIpc) is 3.53. The van der Waals surface area contributed by atoms with Gasteiger partial charge in [0.1, 0.15) is 11.8 Å². The number of carbonyl (C=O) groups excluding carboxylic acids is 2. The van der Waals surface area contributed by atoms with Gasteiger partial charge in [-0.1, -0.05) is 48.7 Å². The van der Waals surface area contributed by atoms with Gasteiger partial charge in [-0.3, -0.25) is 9.59 Å². The third-order valence-electron chi connectivity index (χ3n) is 5.79. The molecule has 1 N–H and O–H groups in total. The molecule has 0 aliphatic heterocycles. The molecule has 0 spiro atoms. The van der Waals surface area contributed by atoms with E-state index in [1.807, 2.05) is 54.8 Å². The number of benzene rings is 1. The Morgan fingerprint density at radius 1 is 1.13 bits per heavy atom. The van der Waals surface area contributed by atoms with Crippen LogP contribution in [0.15, 0.2) is 64.6 Å². The molecule has 4 rings (SSSR count). The van der Waals surface area contributed by atoms with Crippen LogP contribution in [-0.4, -0.2) is 22.8 Å². The lowest BCUT2D eigenvalue weighted by Gasteiger charge is -2.32. The molecular weight excluding hydrogens is 408 g/mol. The fraction of sp³-hybridized carbons (Fsp3) is 0.360. The Labute approximate surface area is 187 Å². The van der Waals surface area contributed by atoms with Crippen molar-refractivity contribution in [3.8, 4) is 0 Å². The van der Waals surface area contributed by atoms with Crippen molar-refractivity contribution in [1.82, 2.24) is 10.2 Å². The molecule has 2 amide bonds. The summed E-state index contributed by atoms with van der Waals surface area (Å²) in [6.07, 6.45) is 6.11. The van der Waals surface area contributed by atoms with E-state index < -0.39 is 6.04 Å². The number of nitrogens with one attached hydrogen (secondary N) is 1. The summed E-state index contributed by atoms with van der Waals surface area (Å²) >= 11 is 1.55. The molecule has 31 heavy (non-hydrogen) atoms. The van der Waals surface area contributed by atoms with Crippen molar-refractivity contribution in [2.45, 2.75) is 57.7 Å². The largest absolute Gasteiger partial charge is 0.467 e. The predicted octanol–water partition coefficient (Wildman–Crippen LogP) is 5.02. The Bertz CT molecular complexity index is 974. The zero-order valence-corrected chi connectivity index (χ0v) is 18.6. The van der Waals surface area contributed by atoms with Gasteiger partial charge in [-0.2, -0.15) is 0 Å². The van der Waals surface area contributed by atoms with Crippen LogP contribution >= 0.6 is 11.3 Å². The number of carbonyl (C=O) groups is 2. The number of hydrogen-bond donors (Lipinski definition) is 1. The van der Waals surface area contributed by atoms with Crippen LogP contribution < -0.4 is 5.32 Å². The van der Waals surface area contributed by atoms with Crippen LogP contribution in [0, 0.1) is 6.92 Å². The molecule has 2 heterocycles. The lowest BCUT2D eigenvalue weighted by Crippen LogP contribution is -2.46. The maximum atomic E-state index is 13.5. The average molecular weight is 437 g/mol. The monoisotopic (exact) mass is 436 g/mol. The summed E-state index contributed by atoms with van der Waals surface area (Å²) in [5.41, 5.74) is 1.92. The molecule has 1 saturated carbocycles. The summed E-state index contributed by atoms with van der Waals surface area (Å²) in [6, 6.07) is 14.9. The molecule has 0 bridgehead atoms. The molecule has 0 radical (unpaired) electrons. The highest BCUT2D eigenvalue weighted by atomic mass is 32.1. The fourth-order valence-electron chi connectivity index (χ4n) is 4.13. The fourth-order valence-corrected chi connectivity index (χ4v) is 4.83. The van der Waals surface area contributed by atoms with E-state index in [9.17, 15) is 9.59 Å². The van der Waals surface area contributed by atoms with Crippen LogP contribution in [0.25, 0.3) is 0 Å². The molecule has 2 aromatic heterocycles. The van der Waals surface area contributed by atoms with Gasteiger partial charge >= 0.3 is 0 Å². The molecule has 1 aromatic carbocycles. The number of aryl methyl sites for hydroxylation is 1. The van der Waals surface area contributed by atoms with Crippen LogP contribution in [0.1, 0.15) is 53.5 Å². The maximum Gasteiger partial charge on any atom is 0.247 e. The van der Waals surface area contributed by atoms with E-state index in [-0.39, 0.29) is 30.8 Å². The van der Waals surface area contributed by atoms with Gasteiger partial charge in [-0.05, 0) is 48.9 Å². The summed E-state index contributed by atoms with van der Waals surface area (Å²) in [5.74, 6) is 0.443. The molecule has 3 aromatic rings. The molecule has 0 saturated heterocycles. The lowest BCUT2D eigenvalue weighted by molar-refractivity contribution is -0.141. The van der Waals surface area contributed by atoms with Gasteiger partial charge in [0, 0.05) is 10.9 Å². The highest BCUT2D eigenvalue weighted by Gasteiger charge is 2.33. The molecule has 1 atom stereocenters. The number of furan rings is 1. The number of nitrogens with zero attached hydrogens (tertiary/aromatic N) is 1. The molecule has 5 nitrogen and oxygen atoms in total. The highest BCUT2D eigenvalue weighted by Crippen LogP contribution is 2.27. The predicted molar refractivity (Wildman–Crippen MR) is 122 cm³/mol. The van der Waals surface area contributed by atoms with Gasteiger partial charge in [-0.15, -0.1) is 11.3 Å². The van der Waals surface area contributed by atoms with E-state index in [1.165, 1.54) is 0 Å². The summed E-state index contributed by atoms with van der Waals surface area (Å²) < 4.78 is 5.54. The SMILES string of the molecule is Cc1ccc(C(C(=O)NC2CCCC2)N(Cc2ccco2)C(=O)Cc2cccs2)cc1. The normalized spacial score (nSPS) is 15.0. The zero-order chi connectivity index (χ0) is 21.6. The third kappa shape index (κ3) is 5.44. The number of hydrogen-bond acceptors (Lipinski definition) is 4. The summed E-state index contributed by atoms with van der Waals surface area (Å²) in [7, 11) is 0. The van der Waals surface area contributed by atoms with Crippen molar-refractivity contribution < 1.29 is 14.0 Å². The Morgan fingerprint density at radius 3 is 2.55 bits per heavy atom. The molecule has 1 fully saturated rings. The van der Waals surface area contributed by atoms with E-state index in [4.69, 9.17) is 4.42 Å². The maximum absolute atomic E-state index is 13.5. The lowest BCUT2D eigenvalue weighted by atomic mass is 10.0. The molecular formula is C25H28N2O3S. The van der Waals surface area contributed by atoms with E-state index in [0.29, 0.717) is 5.76 Å². The van der Waals surface area contributed by atoms with Crippen molar-refractivity contribution in [2.24, 2.45) is 0 Å². The first-order chi connectivity index (χ1) is 15.1. The minimum Gasteiger partial charge on any atom is -0.467 e. The van der Waals surface area contributed by atoms with Crippen molar-refractivity contribution in [2.75, 3.05) is 0 Å². The van der Waals surface area contributed by atoms with Crippen molar-refractivity contribution >= 4 is 23.2 Å². The van der Waals surface area contributed by atoms with Crippen LogP contribution in [0.3, 0.4) is 0 Å². The second-order valence-electron chi connectivity index (χ2n) is 8.16. The number of thiophene rings is 1. The zero-order valence-electron chi connectivity index (χ0n) is 17.8. The first-order valence-electron chi connectivity index (χ1n) is 10.8. The van der Waals surface area contributed by atoms with E-state index >= 15 is 0 Å². The van der Waals surface area contributed by atoms with Gasteiger partial charge in [0.15, 0.2) is 0 Å². The van der Waals surface area contributed by atoms with E-state index in [0.717, 1.165) is 41.7 Å². The van der Waals surface area contributed by atoms with Gasteiger partial charge in [0.25, 0.3) is 0 Å². The van der Waals surface area contributed by atoms with Crippen LogP contribution in [0.2, 0.25) is 0 Å². The highest BCUT2D eigenvalue weighted by molar-refractivity contribution is 7.10. The van der Waals surface area contributed by atoms with Crippen LogP contribution in [0.5, 0.6) is 0 Å². The van der Waals surface area contributed by atoms with Gasteiger partial charge in [0.2, 0.25) is 11.8 Å². The second-order valence-corrected chi connectivity index (χ2v) is 9.19. The smallest absolute Gasteiger partial charge is 0.247 e. The second kappa shape index (κ2) is 9.96. The molecule has 6 heteroatoms. The quantitative estimate of drug-likeness (QED) is 0.539. The van der Waals surface area contributed by atoms with Gasteiger partial charge in [-0.25, -0.2) is 0 Å². The minimum absolute atomic E-state index is 0.0917. The summed E-state index contributed by atoms with van der Waals surface area (Å²) in [5, 5.41) is 5.17. The van der Waals surface area contributed by atoms with E-state index in [1.54, 1.807) is 28.6 Å². The molecule has 1 unspecified atom stereocenters. The Morgan fingerprint density at radius 2 is 1.90 bits per heavy atom. The van der Waals surface area contributed by atoms with Gasteiger partial charge < -0.3 is 14.6 Å². The number of amides is 2. The molecule has 1 aliphatic rings. The Kier molecular flexibility index (Phi) is 6.87. The third-order valence-corrected chi connectivity index (χ3v) is 6.66. The van der Waals surface area contributed by atoms with Crippen molar-refractivity contribution in [3.05, 3.63) is 81.9 Å². The van der Waals surface area contributed by atoms with Gasteiger partial charge in [0.05, 0.1) is 19.2 Å². The Balaban J connectivity index is 1.67. The summed E-state index contributed by atoms with van der Waals surface area (Å²) in [6.45, 7) is 2.26. The summed E-state index contributed by atoms with van der Waals surface area (Å²) in [4.78, 5) is 29.6. The van der Waals surface area contributed by atoms with Crippen molar-refractivity contribution in [1.29, 1.82) is 0 Å². The van der Waals surface area contributed by atoms with E-state index in [2.05, 4.69) is 5.32 Å². The first kappa shape index (κ1) is 21.4. The topological polar surface area (TPSA) is 62.6 Å². The number of rotatable bonds is 8. The standard InChI is InChI=1S/C25H28N2O3S/c1-18-10-12-19(13-11-18)24(25(29)26-20-6-2-3-7-20)27(17-21-8-4-14-30-21)23(28)16-22-9-5-15-31-22/h4-5,8-15,20,24H,2-3,6-7,16-17H2,1H3,(H,26,29). The Hall–Kier alpha value is -2.86. The van der Waals surface area contributed by atoms with Crippen LogP contribution in [-0.2, 0) is 22.6 Å².